The number of carbonyl (C=O) groups is 1. The van der Waals surface area contributed by atoms with Gasteiger partial charge in [-0.2, -0.15) is 0 Å². The largest absolute Gasteiger partial charge is 0.386 e. The van der Waals surface area contributed by atoms with Gasteiger partial charge in [0.15, 0.2) is 0 Å². The molecule has 1 unspecified atom stereocenters. The Morgan fingerprint density at radius 1 is 1.18 bits per heavy atom. The molecule has 0 fully saturated rings. The summed E-state index contributed by atoms with van der Waals surface area (Å²) in [4.78, 5) is 11.6. The summed E-state index contributed by atoms with van der Waals surface area (Å²) in [6, 6.07) is 2.99. The molecule has 2 N–H and O–H groups in total. The highest BCUT2D eigenvalue weighted by molar-refractivity contribution is 5.75. The number of unbranched alkanes of at least 4 members (excludes halogenated alkanes) is 5. The van der Waals surface area contributed by atoms with E-state index in [2.05, 4.69) is 12.2 Å². The Morgan fingerprint density at radius 3 is 2.55 bits per heavy atom. The molecule has 0 radical (unpaired) electrons. The highest BCUT2D eigenvalue weighted by Crippen LogP contribution is 2.17. The SMILES string of the molecule is CCCCCCCCC(=O)NCC(O)c1ccc(F)cc1F. The Hall–Kier alpha value is -1.49. The van der Waals surface area contributed by atoms with Crippen molar-refractivity contribution in [1.82, 2.24) is 5.32 Å². The number of carbonyl (C=O) groups excluding carboxylic acids is 1. The van der Waals surface area contributed by atoms with Crippen LogP contribution in [0, 0.1) is 11.6 Å². The molecule has 0 bridgehead atoms. The fourth-order valence-electron chi connectivity index (χ4n) is 2.25. The molecule has 1 atom stereocenters. The number of halogens is 2. The highest BCUT2D eigenvalue weighted by atomic mass is 19.1. The average molecular weight is 313 g/mol. The van der Waals surface area contributed by atoms with Crippen molar-refractivity contribution < 1.29 is 18.7 Å². The quantitative estimate of drug-likeness (QED) is 0.644. The van der Waals surface area contributed by atoms with Gasteiger partial charge in [-0.25, -0.2) is 8.78 Å². The first-order valence-corrected chi connectivity index (χ1v) is 7.94. The second-order valence-electron chi connectivity index (χ2n) is 5.50. The molecular weight excluding hydrogens is 288 g/mol. The molecule has 22 heavy (non-hydrogen) atoms. The topological polar surface area (TPSA) is 49.3 Å². The number of hydrogen-bond acceptors (Lipinski definition) is 2. The minimum Gasteiger partial charge on any atom is -0.386 e. The van der Waals surface area contributed by atoms with E-state index < -0.39 is 17.7 Å². The second-order valence-corrected chi connectivity index (χ2v) is 5.50. The Morgan fingerprint density at radius 2 is 1.86 bits per heavy atom. The van der Waals surface area contributed by atoms with E-state index in [9.17, 15) is 18.7 Å². The molecule has 1 rings (SSSR count). The van der Waals surface area contributed by atoms with Crippen LogP contribution in [0.3, 0.4) is 0 Å². The van der Waals surface area contributed by atoms with E-state index in [-0.39, 0.29) is 18.0 Å². The summed E-state index contributed by atoms with van der Waals surface area (Å²) >= 11 is 0. The highest BCUT2D eigenvalue weighted by Gasteiger charge is 2.14. The normalized spacial score (nSPS) is 12.2. The minimum absolute atomic E-state index is 0.0127. The molecule has 1 aromatic carbocycles. The first-order chi connectivity index (χ1) is 10.5. The van der Waals surface area contributed by atoms with Crippen molar-refractivity contribution >= 4 is 5.91 Å². The van der Waals surface area contributed by atoms with Gasteiger partial charge in [-0.1, -0.05) is 45.1 Å². The van der Waals surface area contributed by atoms with Gasteiger partial charge in [-0.05, 0) is 12.5 Å². The lowest BCUT2D eigenvalue weighted by atomic mass is 10.1. The number of aliphatic hydroxyl groups is 1. The molecule has 1 aromatic rings. The molecule has 0 saturated heterocycles. The van der Waals surface area contributed by atoms with Crippen LogP contribution in [-0.4, -0.2) is 17.6 Å². The number of nitrogens with one attached hydrogen (secondary N) is 1. The van der Waals surface area contributed by atoms with Crippen LogP contribution in [0.4, 0.5) is 8.78 Å². The van der Waals surface area contributed by atoms with Gasteiger partial charge in [-0.3, -0.25) is 4.79 Å². The zero-order valence-electron chi connectivity index (χ0n) is 13.1. The third-order valence-corrected chi connectivity index (χ3v) is 3.57. The summed E-state index contributed by atoms with van der Waals surface area (Å²) in [7, 11) is 0. The zero-order chi connectivity index (χ0) is 16.4. The molecule has 0 aromatic heterocycles. The maximum atomic E-state index is 13.5. The minimum atomic E-state index is -1.17. The van der Waals surface area contributed by atoms with E-state index in [1.807, 2.05) is 0 Å². The third kappa shape index (κ3) is 6.98. The molecule has 0 aliphatic carbocycles. The number of amides is 1. The summed E-state index contributed by atoms with van der Waals surface area (Å²) in [5.74, 6) is -1.66. The smallest absolute Gasteiger partial charge is 0.220 e. The van der Waals surface area contributed by atoms with Gasteiger partial charge in [0.2, 0.25) is 5.91 Å². The van der Waals surface area contributed by atoms with Crippen molar-refractivity contribution in [3.8, 4) is 0 Å². The van der Waals surface area contributed by atoms with E-state index in [0.29, 0.717) is 6.42 Å². The molecule has 0 heterocycles. The van der Waals surface area contributed by atoms with Gasteiger partial charge in [0.1, 0.15) is 11.6 Å². The van der Waals surface area contributed by atoms with Gasteiger partial charge < -0.3 is 10.4 Å². The predicted molar refractivity (Wildman–Crippen MR) is 82.3 cm³/mol. The van der Waals surface area contributed by atoms with Gasteiger partial charge in [0, 0.05) is 24.6 Å². The molecule has 0 saturated carbocycles. The van der Waals surface area contributed by atoms with E-state index in [1.165, 1.54) is 25.3 Å². The summed E-state index contributed by atoms with van der Waals surface area (Å²) in [6.45, 7) is 2.08. The molecule has 0 spiro atoms. The van der Waals surface area contributed by atoms with E-state index >= 15 is 0 Å². The van der Waals surface area contributed by atoms with Crippen molar-refractivity contribution in [2.24, 2.45) is 0 Å². The maximum Gasteiger partial charge on any atom is 0.220 e. The van der Waals surface area contributed by atoms with Crippen LogP contribution in [0.1, 0.15) is 63.5 Å². The monoisotopic (exact) mass is 313 g/mol. The molecule has 3 nitrogen and oxygen atoms in total. The van der Waals surface area contributed by atoms with Gasteiger partial charge >= 0.3 is 0 Å². The molecule has 124 valence electrons. The van der Waals surface area contributed by atoms with E-state index in [0.717, 1.165) is 31.4 Å². The molecule has 0 aliphatic heterocycles. The maximum absolute atomic E-state index is 13.5. The summed E-state index contributed by atoms with van der Waals surface area (Å²) in [5.41, 5.74) is -0.0127. The Labute approximate surface area is 130 Å². The van der Waals surface area contributed by atoms with Crippen molar-refractivity contribution in [1.29, 1.82) is 0 Å². The fourth-order valence-corrected chi connectivity index (χ4v) is 2.25. The number of rotatable bonds is 10. The number of hydrogen-bond donors (Lipinski definition) is 2. The molecule has 5 heteroatoms. The average Bonchev–Trinajstić information content (AvgIpc) is 2.48. The number of benzene rings is 1. The lowest BCUT2D eigenvalue weighted by Crippen LogP contribution is -2.28. The Kier molecular flexibility index (Phi) is 8.67. The van der Waals surface area contributed by atoms with Gasteiger partial charge in [-0.15, -0.1) is 0 Å². The molecule has 0 aliphatic rings. The lowest BCUT2D eigenvalue weighted by Gasteiger charge is -2.13. The Balaban J connectivity index is 2.23. The summed E-state index contributed by atoms with van der Waals surface area (Å²) in [5, 5.41) is 12.4. The first kappa shape index (κ1) is 18.6. The Bertz CT molecular complexity index is 466. The van der Waals surface area contributed by atoms with Crippen molar-refractivity contribution in [2.75, 3.05) is 6.54 Å². The lowest BCUT2D eigenvalue weighted by molar-refractivity contribution is -0.121. The van der Waals surface area contributed by atoms with Crippen molar-refractivity contribution in [2.45, 2.75) is 58.0 Å². The predicted octanol–water partition coefficient (Wildman–Crippen LogP) is 3.87. The molecule has 1 amide bonds. The van der Waals surface area contributed by atoms with Gasteiger partial charge in [0.25, 0.3) is 0 Å². The van der Waals surface area contributed by atoms with Crippen molar-refractivity contribution in [3.63, 3.8) is 0 Å². The summed E-state index contributed by atoms with van der Waals surface area (Å²) in [6.07, 6.45) is 5.81. The fraction of sp³-hybridized carbons (Fsp3) is 0.588. The van der Waals surface area contributed by atoms with Crippen LogP contribution in [0.2, 0.25) is 0 Å². The first-order valence-electron chi connectivity index (χ1n) is 7.94. The van der Waals surface area contributed by atoms with Crippen LogP contribution in [0.15, 0.2) is 18.2 Å². The van der Waals surface area contributed by atoms with E-state index in [1.54, 1.807) is 0 Å². The van der Waals surface area contributed by atoms with Gasteiger partial charge in [0.05, 0.1) is 6.10 Å². The van der Waals surface area contributed by atoms with Crippen molar-refractivity contribution in [3.05, 3.63) is 35.4 Å². The van der Waals surface area contributed by atoms with Crippen LogP contribution < -0.4 is 5.32 Å². The third-order valence-electron chi connectivity index (χ3n) is 3.57. The summed E-state index contributed by atoms with van der Waals surface area (Å²) < 4.78 is 26.2. The van der Waals surface area contributed by atoms with Crippen LogP contribution in [-0.2, 0) is 4.79 Å². The van der Waals surface area contributed by atoms with E-state index in [4.69, 9.17) is 0 Å². The number of aliphatic hydroxyl groups excluding tert-OH is 1. The standard InChI is InChI=1S/C17H25F2NO2/c1-2-3-4-5-6-7-8-17(22)20-12-16(21)14-10-9-13(18)11-15(14)19/h9-11,16,21H,2-8,12H2,1H3,(H,20,22). The van der Waals surface area contributed by atoms with Crippen LogP contribution >= 0.6 is 0 Å². The van der Waals surface area contributed by atoms with Crippen LogP contribution in [0.5, 0.6) is 0 Å². The second kappa shape index (κ2) is 10.3. The zero-order valence-corrected chi connectivity index (χ0v) is 13.1. The van der Waals surface area contributed by atoms with Crippen LogP contribution in [0.25, 0.3) is 0 Å². The molecular formula is C17H25F2NO2.